The number of nitrogens with zero attached hydrogens (tertiary/aromatic N) is 1. The minimum Gasteiger partial charge on any atom is -0.200 e. The fraction of sp³-hybridized carbons (Fsp3) is 0.500. The molecule has 1 aromatic carbocycles. The van der Waals surface area contributed by atoms with Crippen LogP contribution in [0.4, 0.5) is 0 Å². The van der Waals surface area contributed by atoms with Crippen LogP contribution in [0.25, 0.3) is 0 Å². The first-order chi connectivity index (χ1) is 8.97. The van der Waals surface area contributed by atoms with Crippen molar-refractivity contribution in [3.05, 3.63) is 29.8 Å². The molecule has 0 heterocycles. The van der Waals surface area contributed by atoms with E-state index < -0.39 is 10.0 Å². The summed E-state index contributed by atoms with van der Waals surface area (Å²) in [6.45, 7) is 4.09. The average molecular weight is 280 g/mol. The highest BCUT2D eigenvalue weighted by Crippen LogP contribution is 2.21. The molecular formula is C14H20N2O2S. The van der Waals surface area contributed by atoms with Crippen LogP contribution in [0.15, 0.2) is 34.3 Å². The monoisotopic (exact) mass is 280 g/mol. The Balaban J connectivity index is 2.09. The molecule has 1 aliphatic rings. The maximum absolute atomic E-state index is 12.0. The highest BCUT2D eigenvalue weighted by Gasteiger charge is 2.16. The highest BCUT2D eigenvalue weighted by molar-refractivity contribution is 7.89. The fourth-order valence-electron chi connectivity index (χ4n) is 2.26. The highest BCUT2D eigenvalue weighted by atomic mass is 32.2. The van der Waals surface area contributed by atoms with Crippen molar-refractivity contribution in [1.82, 2.24) is 4.83 Å². The largest absolute Gasteiger partial charge is 0.276 e. The number of hydrogen-bond acceptors (Lipinski definition) is 3. The van der Waals surface area contributed by atoms with Crippen LogP contribution in [0.3, 0.4) is 0 Å². The van der Waals surface area contributed by atoms with E-state index in [2.05, 4.69) is 16.9 Å². The predicted octanol–water partition coefficient (Wildman–Crippen LogP) is 2.84. The van der Waals surface area contributed by atoms with Crippen molar-refractivity contribution in [3.8, 4) is 0 Å². The van der Waals surface area contributed by atoms with Gasteiger partial charge in [0, 0.05) is 5.71 Å². The maximum Gasteiger partial charge on any atom is 0.276 e. The van der Waals surface area contributed by atoms with Crippen LogP contribution in [0.5, 0.6) is 0 Å². The van der Waals surface area contributed by atoms with Gasteiger partial charge in [0.15, 0.2) is 0 Å². The number of nitrogens with one attached hydrogen (secondary N) is 1. The Morgan fingerprint density at radius 3 is 2.58 bits per heavy atom. The standard InChI is InChI=1S/C14H20N2O2S/c1-11-6-8-14(9-7-11)19(17,18)16-15-13-5-3-4-12(2)10-13/h6-9,12,16H,3-5,10H2,1-2H3/b15-13-/t12-/m0/s1. The molecule has 5 heteroatoms. The minimum atomic E-state index is -3.53. The van der Waals surface area contributed by atoms with Gasteiger partial charge in [-0.05, 0) is 50.7 Å². The van der Waals surface area contributed by atoms with Crippen molar-refractivity contribution in [3.63, 3.8) is 0 Å². The lowest BCUT2D eigenvalue weighted by Gasteiger charge is -2.19. The summed E-state index contributed by atoms with van der Waals surface area (Å²) in [6.07, 6.45) is 4.06. The second-order valence-corrected chi connectivity index (χ2v) is 6.95. The molecular weight excluding hydrogens is 260 g/mol. The van der Waals surface area contributed by atoms with E-state index in [0.29, 0.717) is 5.92 Å². The normalized spacial score (nSPS) is 22.4. The summed E-state index contributed by atoms with van der Waals surface area (Å²) in [4.78, 5) is 2.60. The summed E-state index contributed by atoms with van der Waals surface area (Å²) < 4.78 is 24.1. The Labute approximate surface area is 115 Å². The minimum absolute atomic E-state index is 0.256. The maximum atomic E-state index is 12.0. The Morgan fingerprint density at radius 1 is 1.26 bits per heavy atom. The Bertz CT molecular complexity index is 562. The number of aryl methyl sites for hydroxylation is 1. The van der Waals surface area contributed by atoms with Gasteiger partial charge in [0.05, 0.1) is 4.90 Å². The molecule has 1 N–H and O–H groups in total. The van der Waals surface area contributed by atoms with Crippen molar-refractivity contribution < 1.29 is 8.42 Å². The molecule has 1 fully saturated rings. The van der Waals surface area contributed by atoms with E-state index >= 15 is 0 Å². The molecule has 0 radical (unpaired) electrons. The zero-order chi connectivity index (χ0) is 13.9. The van der Waals surface area contributed by atoms with E-state index in [1.807, 2.05) is 6.92 Å². The third kappa shape index (κ3) is 3.80. The van der Waals surface area contributed by atoms with Gasteiger partial charge in [0.2, 0.25) is 0 Å². The predicted molar refractivity (Wildman–Crippen MR) is 76.6 cm³/mol. The van der Waals surface area contributed by atoms with Crippen LogP contribution < -0.4 is 4.83 Å². The lowest BCUT2D eigenvalue weighted by atomic mass is 9.89. The molecule has 0 bridgehead atoms. The first-order valence-corrected chi connectivity index (χ1v) is 8.09. The van der Waals surface area contributed by atoms with Gasteiger partial charge in [-0.1, -0.05) is 24.6 Å². The molecule has 0 amide bonds. The molecule has 0 unspecified atom stereocenters. The van der Waals surface area contributed by atoms with Crippen molar-refractivity contribution in [2.45, 2.75) is 44.4 Å². The molecule has 19 heavy (non-hydrogen) atoms. The molecule has 0 aliphatic heterocycles. The zero-order valence-corrected chi connectivity index (χ0v) is 12.2. The van der Waals surface area contributed by atoms with Gasteiger partial charge in [-0.3, -0.25) is 0 Å². The van der Waals surface area contributed by atoms with Crippen LogP contribution >= 0.6 is 0 Å². The van der Waals surface area contributed by atoms with Crippen LogP contribution in [0.2, 0.25) is 0 Å². The number of hydrogen-bond donors (Lipinski definition) is 1. The van der Waals surface area contributed by atoms with Crippen molar-refractivity contribution in [2.75, 3.05) is 0 Å². The van der Waals surface area contributed by atoms with Crippen LogP contribution in [-0.4, -0.2) is 14.1 Å². The van der Waals surface area contributed by atoms with Crippen molar-refractivity contribution in [1.29, 1.82) is 0 Å². The Hall–Kier alpha value is -1.36. The third-order valence-corrected chi connectivity index (χ3v) is 4.63. The van der Waals surface area contributed by atoms with Gasteiger partial charge in [-0.25, -0.2) is 4.83 Å². The zero-order valence-electron chi connectivity index (χ0n) is 11.4. The van der Waals surface area contributed by atoms with Gasteiger partial charge < -0.3 is 0 Å². The summed E-state index contributed by atoms with van der Waals surface area (Å²) >= 11 is 0. The molecule has 0 spiro atoms. The number of hydrazone groups is 1. The van der Waals surface area contributed by atoms with E-state index in [4.69, 9.17) is 0 Å². The quantitative estimate of drug-likeness (QED) is 0.865. The smallest absolute Gasteiger partial charge is 0.200 e. The van der Waals surface area contributed by atoms with Gasteiger partial charge in [0.1, 0.15) is 0 Å². The summed E-state index contributed by atoms with van der Waals surface area (Å²) in [5.41, 5.74) is 1.99. The average Bonchev–Trinajstić information content (AvgIpc) is 2.37. The summed E-state index contributed by atoms with van der Waals surface area (Å²) in [6, 6.07) is 6.76. The second-order valence-electron chi connectivity index (χ2n) is 5.29. The molecule has 1 aliphatic carbocycles. The molecule has 2 rings (SSSR count). The van der Waals surface area contributed by atoms with Gasteiger partial charge in [-0.2, -0.15) is 13.5 Å². The lowest BCUT2D eigenvalue weighted by Crippen LogP contribution is -2.22. The fourth-order valence-corrected chi connectivity index (χ4v) is 3.11. The van der Waals surface area contributed by atoms with Gasteiger partial charge in [-0.15, -0.1) is 0 Å². The molecule has 4 nitrogen and oxygen atoms in total. The molecule has 0 saturated heterocycles. The van der Waals surface area contributed by atoms with E-state index in [1.54, 1.807) is 24.3 Å². The van der Waals surface area contributed by atoms with E-state index in [1.165, 1.54) is 6.42 Å². The molecule has 1 aromatic rings. The molecule has 104 valence electrons. The van der Waals surface area contributed by atoms with E-state index in [9.17, 15) is 8.42 Å². The summed E-state index contributed by atoms with van der Waals surface area (Å²) in [7, 11) is -3.53. The lowest BCUT2D eigenvalue weighted by molar-refractivity contribution is 0.498. The summed E-state index contributed by atoms with van der Waals surface area (Å²) in [5.74, 6) is 0.594. The van der Waals surface area contributed by atoms with E-state index in [-0.39, 0.29) is 4.90 Å². The molecule has 1 atom stereocenters. The van der Waals surface area contributed by atoms with Crippen molar-refractivity contribution in [2.24, 2.45) is 11.0 Å². The first-order valence-electron chi connectivity index (χ1n) is 6.61. The number of rotatable bonds is 3. The number of sulfonamides is 1. The Morgan fingerprint density at radius 2 is 1.95 bits per heavy atom. The van der Waals surface area contributed by atoms with Crippen LogP contribution in [0, 0.1) is 12.8 Å². The summed E-state index contributed by atoms with van der Waals surface area (Å²) in [5, 5.41) is 4.08. The van der Waals surface area contributed by atoms with Crippen LogP contribution in [0.1, 0.15) is 38.2 Å². The topological polar surface area (TPSA) is 58.5 Å². The number of benzene rings is 1. The SMILES string of the molecule is Cc1ccc(S(=O)(=O)N/N=C2/CCC[C@H](C)C2)cc1. The van der Waals surface area contributed by atoms with Gasteiger partial charge in [0.25, 0.3) is 10.0 Å². The molecule has 1 saturated carbocycles. The second kappa shape index (κ2) is 5.74. The third-order valence-electron chi connectivity index (χ3n) is 3.40. The first kappa shape index (κ1) is 14.1. The van der Waals surface area contributed by atoms with E-state index in [0.717, 1.165) is 30.5 Å². The molecule has 0 aromatic heterocycles. The Kier molecular flexibility index (Phi) is 4.24. The van der Waals surface area contributed by atoms with Gasteiger partial charge >= 0.3 is 0 Å². The van der Waals surface area contributed by atoms with Crippen molar-refractivity contribution >= 4 is 15.7 Å². The van der Waals surface area contributed by atoms with Crippen LogP contribution in [-0.2, 0) is 10.0 Å².